The van der Waals surface area contributed by atoms with Crippen molar-refractivity contribution in [2.24, 2.45) is 5.92 Å². The van der Waals surface area contributed by atoms with Crippen LogP contribution in [-0.2, 0) is 9.59 Å². The van der Waals surface area contributed by atoms with E-state index in [2.05, 4.69) is 15.3 Å². The van der Waals surface area contributed by atoms with E-state index >= 15 is 0 Å². The third-order valence-electron chi connectivity index (χ3n) is 4.01. The molecule has 26 heavy (non-hydrogen) atoms. The number of hydrogen-bond acceptors (Lipinski definition) is 5. The van der Waals surface area contributed by atoms with Crippen molar-refractivity contribution in [2.45, 2.75) is 26.3 Å². The zero-order valence-corrected chi connectivity index (χ0v) is 15.0. The van der Waals surface area contributed by atoms with Crippen LogP contribution in [0.4, 0.5) is 11.5 Å². The summed E-state index contributed by atoms with van der Waals surface area (Å²) in [6, 6.07) is 3.94. The molecule has 0 aliphatic carbocycles. The van der Waals surface area contributed by atoms with Gasteiger partial charge in [-0.1, -0.05) is 31.5 Å². The fourth-order valence-electron chi connectivity index (χ4n) is 2.92. The Hall–Kier alpha value is -2.80. The average Bonchev–Trinajstić information content (AvgIpc) is 2.86. The van der Waals surface area contributed by atoms with E-state index in [9.17, 15) is 14.4 Å². The summed E-state index contributed by atoms with van der Waals surface area (Å²) in [5.74, 6) is -1.51. The minimum absolute atomic E-state index is 0.110. The number of anilines is 2. The summed E-state index contributed by atoms with van der Waals surface area (Å²) < 4.78 is 0. The molecule has 2 aromatic rings. The molecule has 7 nitrogen and oxygen atoms in total. The molecule has 0 spiro atoms. The standard InChI is InChI=1S/C18H17ClN4O3/c1-10(2)8-13(17(25)22-14-9-20-6-7-21-14)23-12-5-3-4-11(19)15(12)16(24)18(23)26/h3-7,9-10,13H,8H2,1-2H3,(H,21,22,25). The van der Waals surface area contributed by atoms with E-state index in [0.29, 0.717) is 12.1 Å². The van der Waals surface area contributed by atoms with Crippen LogP contribution in [0.15, 0.2) is 36.8 Å². The van der Waals surface area contributed by atoms with Crippen molar-refractivity contribution >= 4 is 40.7 Å². The molecule has 0 radical (unpaired) electrons. The second-order valence-electron chi connectivity index (χ2n) is 6.36. The van der Waals surface area contributed by atoms with Crippen LogP contribution in [0, 0.1) is 5.92 Å². The Morgan fingerprint density at radius 2 is 2.04 bits per heavy atom. The van der Waals surface area contributed by atoms with Crippen molar-refractivity contribution in [3.05, 3.63) is 47.4 Å². The molecule has 1 aliphatic heterocycles. The molecule has 0 saturated heterocycles. The van der Waals surface area contributed by atoms with Gasteiger partial charge in [0.05, 0.1) is 22.5 Å². The van der Waals surface area contributed by atoms with Crippen LogP contribution in [0.25, 0.3) is 0 Å². The van der Waals surface area contributed by atoms with Gasteiger partial charge in [-0.3, -0.25) is 24.3 Å². The first-order chi connectivity index (χ1) is 12.4. The molecule has 1 aromatic heterocycles. The molecular formula is C18H17ClN4O3. The van der Waals surface area contributed by atoms with E-state index in [0.717, 1.165) is 0 Å². The lowest BCUT2D eigenvalue weighted by molar-refractivity contribution is -0.121. The lowest BCUT2D eigenvalue weighted by Gasteiger charge is -2.28. The molecule has 0 saturated carbocycles. The smallest absolute Gasteiger partial charge is 0.300 e. The van der Waals surface area contributed by atoms with Crippen molar-refractivity contribution in [1.29, 1.82) is 0 Å². The fraction of sp³-hybridized carbons (Fsp3) is 0.278. The molecule has 0 fully saturated rings. The summed E-state index contributed by atoms with van der Waals surface area (Å²) in [6.45, 7) is 3.87. The van der Waals surface area contributed by atoms with E-state index in [1.807, 2.05) is 13.8 Å². The number of benzene rings is 1. The van der Waals surface area contributed by atoms with Gasteiger partial charge < -0.3 is 5.32 Å². The van der Waals surface area contributed by atoms with E-state index in [-0.39, 0.29) is 22.3 Å². The lowest BCUT2D eigenvalue weighted by Crippen LogP contribution is -2.47. The van der Waals surface area contributed by atoms with E-state index in [1.165, 1.54) is 23.5 Å². The monoisotopic (exact) mass is 372 g/mol. The van der Waals surface area contributed by atoms with E-state index in [1.54, 1.807) is 18.2 Å². The first kappa shape index (κ1) is 18.0. The predicted molar refractivity (Wildman–Crippen MR) is 97.2 cm³/mol. The van der Waals surface area contributed by atoms with Gasteiger partial charge in [0.1, 0.15) is 6.04 Å². The Morgan fingerprint density at radius 1 is 1.27 bits per heavy atom. The highest BCUT2D eigenvalue weighted by molar-refractivity contribution is 6.55. The molecular weight excluding hydrogens is 356 g/mol. The van der Waals surface area contributed by atoms with Crippen molar-refractivity contribution in [2.75, 3.05) is 10.2 Å². The summed E-state index contributed by atoms with van der Waals surface area (Å²) >= 11 is 6.10. The van der Waals surface area contributed by atoms with Crippen molar-refractivity contribution in [3.63, 3.8) is 0 Å². The van der Waals surface area contributed by atoms with Gasteiger partial charge in [0, 0.05) is 12.4 Å². The van der Waals surface area contributed by atoms with Crippen molar-refractivity contribution in [3.8, 4) is 0 Å². The second-order valence-corrected chi connectivity index (χ2v) is 6.77. The number of carbonyl (C=O) groups is 3. The molecule has 2 heterocycles. The zero-order chi connectivity index (χ0) is 18.8. The normalized spacial score (nSPS) is 14.5. The third-order valence-corrected chi connectivity index (χ3v) is 4.33. The van der Waals surface area contributed by atoms with Crippen LogP contribution < -0.4 is 10.2 Å². The molecule has 0 bridgehead atoms. The molecule has 1 unspecified atom stereocenters. The predicted octanol–water partition coefficient (Wildman–Crippen LogP) is 2.71. The van der Waals surface area contributed by atoms with Crippen LogP contribution in [0.3, 0.4) is 0 Å². The van der Waals surface area contributed by atoms with Crippen LogP contribution in [0.5, 0.6) is 0 Å². The topological polar surface area (TPSA) is 92.3 Å². The maximum Gasteiger partial charge on any atom is 0.300 e. The molecule has 1 atom stereocenters. The SMILES string of the molecule is CC(C)CC(C(=O)Nc1cnccn1)N1C(=O)C(=O)c2c(Cl)cccc21. The number of amides is 2. The van der Waals surface area contributed by atoms with Gasteiger partial charge in [-0.25, -0.2) is 4.98 Å². The van der Waals surface area contributed by atoms with Gasteiger partial charge >= 0.3 is 0 Å². The van der Waals surface area contributed by atoms with E-state index in [4.69, 9.17) is 11.6 Å². The first-order valence-electron chi connectivity index (χ1n) is 8.13. The molecule has 1 aliphatic rings. The van der Waals surface area contributed by atoms with Gasteiger partial charge in [-0.2, -0.15) is 0 Å². The third kappa shape index (κ3) is 3.30. The lowest BCUT2D eigenvalue weighted by atomic mass is 10.0. The Morgan fingerprint density at radius 3 is 2.69 bits per heavy atom. The van der Waals surface area contributed by atoms with Crippen molar-refractivity contribution < 1.29 is 14.4 Å². The van der Waals surface area contributed by atoms with Crippen LogP contribution in [-0.4, -0.2) is 33.6 Å². The van der Waals surface area contributed by atoms with Crippen LogP contribution in [0.2, 0.25) is 5.02 Å². The first-order valence-corrected chi connectivity index (χ1v) is 8.51. The highest BCUT2D eigenvalue weighted by Crippen LogP contribution is 2.36. The van der Waals surface area contributed by atoms with Gasteiger partial charge in [0.2, 0.25) is 5.91 Å². The summed E-state index contributed by atoms with van der Waals surface area (Å²) in [5, 5.41) is 2.85. The second kappa shape index (κ2) is 7.21. The molecule has 1 aromatic carbocycles. The van der Waals surface area contributed by atoms with Gasteiger partial charge in [-0.15, -0.1) is 0 Å². The quantitative estimate of drug-likeness (QED) is 0.814. The van der Waals surface area contributed by atoms with E-state index < -0.39 is 23.6 Å². The Labute approximate surface area is 155 Å². The number of fused-ring (bicyclic) bond motifs is 1. The Kier molecular flexibility index (Phi) is 4.99. The number of carbonyl (C=O) groups excluding carboxylic acids is 3. The number of nitrogens with one attached hydrogen (secondary N) is 1. The number of rotatable bonds is 5. The summed E-state index contributed by atoms with van der Waals surface area (Å²) in [4.78, 5) is 47.0. The summed E-state index contributed by atoms with van der Waals surface area (Å²) in [5.41, 5.74) is 0.493. The van der Waals surface area contributed by atoms with Gasteiger partial charge in [0.25, 0.3) is 11.7 Å². The van der Waals surface area contributed by atoms with Crippen LogP contribution >= 0.6 is 11.6 Å². The van der Waals surface area contributed by atoms with Gasteiger partial charge in [0.15, 0.2) is 5.82 Å². The highest BCUT2D eigenvalue weighted by atomic mass is 35.5. The Balaban J connectivity index is 1.98. The zero-order valence-electron chi connectivity index (χ0n) is 14.3. The summed E-state index contributed by atoms with van der Waals surface area (Å²) in [6.07, 6.45) is 4.72. The molecule has 134 valence electrons. The fourth-order valence-corrected chi connectivity index (χ4v) is 3.18. The largest absolute Gasteiger partial charge is 0.308 e. The number of nitrogens with zero attached hydrogens (tertiary/aromatic N) is 3. The average molecular weight is 373 g/mol. The number of ketones is 1. The minimum Gasteiger partial charge on any atom is -0.308 e. The number of aromatic nitrogens is 2. The molecule has 8 heteroatoms. The molecule has 2 amide bonds. The Bertz CT molecular complexity index is 870. The number of Topliss-reactive ketones (excluding diaryl/α,β-unsaturated/α-hetero) is 1. The minimum atomic E-state index is -0.867. The number of halogens is 1. The highest BCUT2D eigenvalue weighted by Gasteiger charge is 2.43. The maximum absolute atomic E-state index is 12.9. The van der Waals surface area contributed by atoms with Gasteiger partial charge in [-0.05, 0) is 24.5 Å². The maximum atomic E-state index is 12.9. The molecule has 3 rings (SSSR count). The summed E-state index contributed by atoms with van der Waals surface area (Å²) in [7, 11) is 0. The number of hydrogen-bond donors (Lipinski definition) is 1. The molecule has 1 N–H and O–H groups in total. The van der Waals surface area contributed by atoms with Crippen LogP contribution in [0.1, 0.15) is 30.6 Å². The van der Waals surface area contributed by atoms with Crippen molar-refractivity contribution in [1.82, 2.24) is 9.97 Å².